The van der Waals surface area contributed by atoms with E-state index in [0.717, 1.165) is 25.7 Å². The molecule has 0 amide bonds. The number of hydrogen-bond acceptors (Lipinski definition) is 2. The molecule has 1 atom stereocenters. The molecule has 1 aliphatic carbocycles. The Morgan fingerprint density at radius 1 is 1.38 bits per heavy atom. The fraction of sp³-hybridized carbons (Fsp3) is 1.00. The van der Waals surface area contributed by atoms with Gasteiger partial charge in [0.05, 0.1) is 6.61 Å². The molecule has 0 aromatic heterocycles. The van der Waals surface area contributed by atoms with Crippen LogP contribution in [0.2, 0.25) is 0 Å². The van der Waals surface area contributed by atoms with Crippen LogP contribution in [0.15, 0.2) is 0 Å². The molecule has 0 heterocycles. The average Bonchev–Trinajstić information content (AvgIpc) is 2.86. The Bertz CT molecular complexity index is 132. The Balaban J connectivity index is 2.05. The van der Waals surface area contributed by atoms with Gasteiger partial charge in [-0.15, -0.1) is 0 Å². The summed E-state index contributed by atoms with van der Waals surface area (Å²) in [5, 5.41) is 3.22. The summed E-state index contributed by atoms with van der Waals surface area (Å²) in [6.07, 6.45) is 2.77. The van der Waals surface area contributed by atoms with Crippen LogP contribution in [0.1, 0.15) is 26.7 Å². The summed E-state index contributed by atoms with van der Waals surface area (Å²) in [5.74, 6) is 2.28. The molecule has 0 aromatic carbocycles. The predicted octanol–water partition coefficient (Wildman–Crippen LogP) is 1.90. The van der Waals surface area contributed by atoms with Crippen LogP contribution in [0, 0.1) is 17.8 Å². The molecule has 1 fully saturated rings. The van der Waals surface area contributed by atoms with Crippen molar-refractivity contribution in [1.29, 1.82) is 0 Å². The molecule has 1 saturated carbocycles. The van der Waals surface area contributed by atoms with Gasteiger partial charge in [-0.2, -0.15) is 0 Å². The van der Waals surface area contributed by atoms with Gasteiger partial charge in [-0.25, -0.2) is 0 Å². The van der Waals surface area contributed by atoms with E-state index in [1.807, 2.05) is 7.05 Å². The first-order chi connectivity index (χ1) is 6.24. The molecule has 2 nitrogen and oxygen atoms in total. The largest absolute Gasteiger partial charge is 0.381 e. The number of nitrogens with one attached hydrogen (secondary N) is 1. The highest BCUT2D eigenvalue weighted by Crippen LogP contribution is 2.29. The molecule has 78 valence electrons. The number of hydrogen-bond donors (Lipinski definition) is 1. The minimum Gasteiger partial charge on any atom is -0.381 e. The van der Waals surface area contributed by atoms with Crippen molar-refractivity contribution < 1.29 is 4.74 Å². The second-order valence-corrected chi connectivity index (χ2v) is 4.54. The van der Waals surface area contributed by atoms with Gasteiger partial charge in [0.1, 0.15) is 0 Å². The normalized spacial score (nSPS) is 19.4. The fourth-order valence-corrected chi connectivity index (χ4v) is 1.42. The number of ether oxygens (including phenoxy) is 1. The van der Waals surface area contributed by atoms with Crippen LogP contribution < -0.4 is 5.32 Å². The molecule has 0 bridgehead atoms. The Labute approximate surface area is 82.0 Å². The predicted molar refractivity (Wildman–Crippen MR) is 55.8 cm³/mol. The molecular formula is C11H23NO. The van der Waals surface area contributed by atoms with E-state index >= 15 is 0 Å². The Hall–Kier alpha value is -0.0800. The lowest BCUT2D eigenvalue weighted by atomic mass is 9.97. The molecule has 1 rings (SSSR count). The maximum atomic E-state index is 5.69. The van der Waals surface area contributed by atoms with Crippen LogP contribution in [0.25, 0.3) is 0 Å². The van der Waals surface area contributed by atoms with Gasteiger partial charge in [-0.3, -0.25) is 0 Å². The first kappa shape index (κ1) is 11.0. The molecule has 2 heteroatoms. The average molecular weight is 185 g/mol. The molecule has 1 N–H and O–H groups in total. The molecule has 13 heavy (non-hydrogen) atoms. The molecule has 0 aromatic rings. The van der Waals surface area contributed by atoms with E-state index in [-0.39, 0.29) is 0 Å². The highest BCUT2D eigenvalue weighted by molar-refractivity contribution is 4.72. The fourth-order valence-electron chi connectivity index (χ4n) is 1.42. The Kier molecular flexibility index (Phi) is 4.74. The van der Waals surface area contributed by atoms with Crippen molar-refractivity contribution in [2.45, 2.75) is 26.7 Å². The maximum absolute atomic E-state index is 5.69. The van der Waals surface area contributed by atoms with Gasteiger partial charge in [0.2, 0.25) is 0 Å². The van der Waals surface area contributed by atoms with E-state index in [9.17, 15) is 0 Å². The van der Waals surface area contributed by atoms with Crippen LogP contribution in [0.3, 0.4) is 0 Å². The number of rotatable bonds is 7. The van der Waals surface area contributed by atoms with E-state index < -0.39 is 0 Å². The SMILES string of the molecule is CNCC(COCC1CC1)C(C)C. The summed E-state index contributed by atoms with van der Waals surface area (Å²) in [4.78, 5) is 0. The highest BCUT2D eigenvalue weighted by Gasteiger charge is 2.22. The maximum Gasteiger partial charge on any atom is 0.0508 e. The van der Waals surface area contributed by atoms with Crippen LogP contribution in [-0.4, -0.2) is 26.8 Å². The lowest BCUT2D eigenvalue weighted by molar-refractivity contribution is 0.0762. The first-order valence-corrected chi connectivity index (χ1v) is 5.46. The molecular weight excluding hydrogens is 162 g/mol. The Morgan fingerprint density at radius 2 is 2.08 bits per heavy atom. The molecule has 0 spiro atoms. The van der Waals surface area contributed by atoms with Crippen molar-refractivity contribution in [2.75, 3.05) is 26.8 Å². The van der Waals surface area contributed by atoms with Gasteiger partial charge in [0.25, 0.3) is 0 Å². The third-order valence-electron chi connectivity index (χ3n) is 2.79. The zero-order valence-electron chi connectivity index (χ0n) is 9.18. The van der Waals surface area contributed by atoms with Crippen LogP contribution >= 0.6 is 0 Å². The van der Waals surface area contributed by atoms with Gasteiger partial charge in [-0.05, 0) is 37.6 Å². The van der Waals surface area contributed by atoms with E-state index in [1.54, 1.807) is 0 Å². The van der Waals surface area contributed by atoms with Gasteiger partial charge in [-0.1, -0.05) is 13.8 Å². The lowest BCUT2D eigenvalue weighted by Gasteiger charge is -2.20. The summed E-state index contributed by atoms with van der Waals surface area (Å²) in [5.41, 5.74) is 0. The molecule has 0 saturated heterocycles. The van der Waals surface area contributed by atoms with E-state index in [0.29, 0.717) is 11.8 Å². The van der Waals surface area contributed by atoms with Gasteiger partial charge in [0.15, 0.2) is 0 Å². The second kappa shape index (κ2) is 5.61. The first-order valence-electron chi connectivity index (χ1n) is 5.46. The smallest absolute Gasteiger partial charge is 0.0508 e. The van der Waals surface area contributed by atoms with Crippen molar-refractivity contribution in [3.05, 3.63) is 0 Å². The highest BCUT2D eigenvalue weighted by atomic mass is 16.5. The monoisotopic (exact) mass is 185 g/mol. The molecule has 1 unspecified atom stereocenters. The van der Waals surface area contributed by atoms with Gasteiger partial charge < -0.3 is 10.1 Å². The zero-order chi connectivity index (χ0) is 9.68. The Morgan fingerprint density at radius 3 is 2.54 bits per heavy atom. The quantitative estimate of drug-likeness (QED) is 0.654. The topological polar surface area (TPSA) is 21.3 Å². The van der Waals surface area contributed by atoms with Crippen molar-refractivity contribution in [2.24, 2.45) is 17.8 Å². The van der Waals surface area contributed by atoms with Crippen LogP contribution in [-0.2, 0) is 4.74 Å². The summed E-state index contributed by atoms with van der Waals surface area (Å²) in [6, 6.07) is 0. The third kappa shape index (κ3) is 4.63. The third-order valence-corrected chi connectivity index (χ3v) is 2.79. The summed E-state index contributed by atoms with van der Waals surface area (Å²) in [7, 11) is 2.01. The minimum absolute atomic E-state index is 0.670. The van der Waals surface area contributed by atoms with Crippen molar-refractivity contribution in [3.8, 4) is 0 Å². The van der Waals surface area contributed by atoms with E-state index in [4.69, 9.17) is 4.74 Å². The summed E-state index contributed by atoms with van der Waals surface area (Å²) in [6.45, 7) is 7.52. The van der Waals surface area contributed by atoms with Crippen LogP contribution in [0.5, 0.6) is 0 Å². The van der Waals surface area contributed by atoms with Gasteiger partial charge >= 0.3 is 0 Å². The van der Waals surface area contributed by atoms with Crippen molar-refractivity contribution in [1.82, 2.24) is 5.32 Å². The van der Waals surface area contributed by atoms with E-state index in [1.165, 1.54) is 12.8 Å². The second-order valence-electron chi connectivity index (χ2n) is 4.54. The summed E-state index contributed by atoms with van der Waals surface area (Å²) < 4.78 is 5.69. The zero-order valence-corrected chi connectivity index (χ0v) is 9.18. The molecule has 0 radical (unpaired) electrons. The molecule has 1 aliphatic rings. The summed E-state index contributed by atoms with van der Waals surface area (Å²) >= 11 is 0. The molecule has 0 aliphatic heterocycles. The van der Waals surface area contributed by atoms with Crippen molar-refractivity contribution in [3.63, 3.8) is 0 Å². The van der Waals surface area contributed by atoms with Gasteiger partial charge in [0, 0.05) is 13.2 Å². The van der Waals surface area contributed by atoms with E-state index in [2.05, 4.69) is 19.2 Å². The minimum atomic E-state index is 0.670. The van der Waals surface area contributed by atoms with Crippen molar-refractivity contribution >= 4 is 0 Å². The lowest BCUT2D eigenvalue weighted by Crippen LogP contribution is -2.27. The van der Waals surface area contributed by atoms with Crippen LogP contribution in [0.4, 0.5) is 0 Å². The standard InChI is InChI=1S/C11H23NO/c1-9(2)11(6-12-3)8-13-7-10-4-5-10/h9-12H,4-8H2,1-3H3.